The number of nitrogens with zero attached hydrogens (tertiary/aromatic N) is 2. The number of rotatable bonds is 5. The molecular weight excluding hydrogens is 264 g/mol. The summed E-state index contributed by atoms with van der Waals surface area (Å²) in [6, 6.07) is 5.34. The van der Waals surface area contributed by atoms with Crippen LogP contribution in [0.3, 0.4) is 0 Å². The lowest BCUT2D eigenvalue weighted by Crippen LogP contribution is -2.14. The highest BCUT2D eigenvalue weighted by Crippen LogP contribution is 2.41. The van der Waals surface area contributed by atoms with Crippen molar-refractivity contribution in [3.8, 4) is 0 Å². The number of aromatic nitrogens is 2. The summed E-state index contributed by atoms with van der Waals surface area (Å²) in [6.07, 6.45) is 7.79. The van der Waals surface area contributed by atoms with Crippen LogP contribution in [-0.2, 0) is 6.54 Å². The molecule has 1 N–H and O–H groups in total. The van der Waals surface area contributed by atoms with Gasteiger partial charge in [0, 0.05) is 12.5 Å². The first-order valence-electron chi connectivity index (χ1n) is 7.96. The summed E-state index contributed by atoms with van der Waals surface area (Å²) in [7, 11) is 0. The van der Waals surface area contributed by atoms with Gasteiger partial charge in [-0.1, -0.05) is 19.3 Å². The van der Waals surface area contributed by atoms with Crippen molar-refractivity contribution in [1.29, 1.82) is 0 Å². The van der Waals surface area contributed by atoms with E-state index in [0.717, 1.165) is 23.5 Å². The molecule has 0 atom stereocenters. The highest BCUT2D eigenvalue weighted by atomic mass is 16.4. The Labute approximate surface area is 123 Å². The first-order chi connectivity index (χ1) is 10.2. The quantitative estimate of drug-likeness (QED) is 0.908. The molecule has 4 rings (SSSR count). The third-order valence-corrected chi connectivity index (χ3v) is 4.95. The lowest BCUT2D eigenvalue weighted by molar-refractivity contribution is 0.0697. The maximum absolute atomic E-state index is 11.1. The van der Waals surface area contributed by atoms with E-state index in [4.69, 9.17) is 10.1 Å². The predicted octanol–water partition coefficient (Wildman–Crippen LogP) is 3.80. The molecule has 110 valence electrons. The molecule has 2 saturated carbocycles. The lowest BCUT2D eigenvalue weighted by atomic mass is 9.83. The molecule has 4 heteroatoms. The Morgan fingerprint density at radius 3 is 2.71 bits per heavy atom. The monoisotopic (exact) mass is 284 g/mol. The number of imidazole rings is 1. The van der Waals surface area contributed by atoms with E-state index in [0.29, 0.717) is 11.5 Å². The van der Waals surface area contributed by atoms with Gasteiger partial charge in [0.05, 0.1) is 16.6 Å². The SMILES string of the molecule is O=C(O)c1ccc2c(c1)nc(C1CC1)n2CCC1CCC1. The van der Waals surface area contributed by atoms with Crippen LogP contribution >= 0.6 is 0 Å². The molecule has 0 spiro atoms. The summed E-state index contributed by atoms with van der Waals surface area (Å²) in [5.74, 6) is 1.76. The van der Waals surface area contributed by atoms with Crippen molar-refractivity contribution in [2.45, 2.75) is 51.0 Å². The molecule has 2 aromatic rings. The maximum Gasteiger partial charge on any atom is 0.335 e. The Morgan fingerprint density at radius 2 is 2.10 bits per heavy atom. The zero-order valence-electron chi connectivity index (χ0n) is 12.1. The zero-order valence-corrected chi connectivity index (χ0v) is 12.1. The van der Waals surface area contributed by atoms with E-state index >= 15 is 0 Å². The molecule has 2 fully saturated rings. The topological polar surface area (TPSA) is 55.1 Å². The second kappa shape index (κ2) is 4.86. The molecule has 0 aliphatic heterocycles. The van der Waals surface area contributed by atoms with Crippen LogP contribution < -0.4 is 0 Å². The van der Waals surface area contributed by atoms with Gasteiger partial charge in [0.1, 0.15) is 5.82 Å². The molecule has 2 aliphatic rings. The number of carbonyl (C=O) groups is 1. The summed E-state index contributed by atoms with van der Waals surface area (Å²) in [5.41, 5.74) is 2.26. The fraction of sp³-hybridized carbons (Fsp3) is 0.529. The van der Waals surface area contributed by atoms with Crippen molar-refractivity contribution < 1.29 is 9.90 Å². The van der Waals surface area contributed by atoms with E-state index in [-0.39, 0.29) is 0 Å². The molecule has 0 bridgehead atoms. The lowest BCUT2D eigenvalue weighted by Gasteiger charge is -2.25. The molecule has 0 amide bonds. The number of carboxylic acids is 1. The molecule has 21 heavy (non-hydrogen) atoms. The minimum absolute atomic E-state index is 0.327. The number of aromatic carboxylic acids is 1. The fourth-order valence-electron chi connectivity index (χ4n) is 3.26. The van der Waals surface area contributed by atoms with E-state index < -0.39 is 5.97 Å². The molecule has 1 aromatic heterocycles. The van der Waals surface area contributed by atoms with Crippen LogP contribution in [0.15, 0.2) is 18.2 Å². The van der Waals surface area contributed by atoms with Crippen molar-refractivity contribution in [2.75, 3.05) is 0 Å². The van der Waals surface area contributed by atoms with Gasteiger partial charge in [0.15, 0.2) is 0 Å². The summed E-state index contributed by atoms with van der Waals surface area (Å²) in [5, 5.41) is 9.12. The summed E-state index contributed by atoms with van der Waals surface area (Å²) >= 11 is 0. The van der Waals surface area contributed by atoms with Gasteiger partial charge in [-0.15, -0.1) is 0 Å². The van der Waals surface area contributed by atoms with E-state index in [1.54, 1.807) is 12.1 Å². The molecule has 2 aliphatic carbocycles. The zero-order chi connectivity index (χ0) is 14.4. The first-order valence-corrected chi connectivity index (χ1v) is 7.96. The summed E-state index contributed by atoms with van der Waals surface area (Å²) in [6.45, 7) is 1.03. The van der Waals surface area contributed by atoms with Gasteiger partial charge in [0.2, 0.25) is 0 Å². The van der Waals surface area contributed by atoms with E-state index in [2.05, 4.69) is 4.57 Å². The van der Waals surface area contributed by atoms with Gasteiger partial charge in [-0.2, -0.15) is 0 Å². The normalized spacial score (nSPS) is 18.9. The minimum Gasteiger partial charge on any atom is -0.478 e. The summed E-state index contributed by atoms with van der Waals surface area (Å²) in [4.78, 5) is 15.8. The summed E-state index contributed by atoms with van der Waals surface area (Å²) < 4.78 is 2.34. The number of hydrogen-bond donors (Lipinski definition) is 1. The van der Waals surface area contributed by atoms with E-state index in [1.807, 2.05) is 6.07 Å². The van der Waals surface area contributed by atoms with Gasteiger partial charge in [-0.25, -0.2) is 9.78 Å². The Balaban J connectivity index is 1.70. The second-order valence-electron chi connectivity index (χ2n) is 6.49. The fourth-order valence-corrected chi connectivity index (χ4v) is 3.26. The van der Waals surface area contributed by atoms with Gasteiger partial charge < -0.3 is 9.67 Å². The number of aryl methyl sites for hydroxylation is 1. The number of fused-ring (bicyclic) bond motifs is 1. The van der Waals surface area contributed by atoms with Crippen molar-refractivity contribution in [2.24, 2.45) is 5.92 Å². The van der Waals surface area contributed by atoms with E-state index in [9.17, 15) is 4.79 Å². The smallest absolute Gasteiger partial charge is 0.335 e. The second-order valence-corrected chi connectivity index (χ2v) is 6.49. The largest absolute Gasteiger partial charge is 0.478 e. The third kappa shape index (κ3) is 2.33. The third-order valence-electron chi connectivity index (χ3n) is 4.95. The number of benzene rings is 1. The molecule has 0 unspecified atom stereocenters. The van der Waals surface area contributed by atoms with Crippen LogP contribution in [0.2, 0.25) is 0 Å². The average Bonchev–Trinajstić information content (AvgIpc) is 3.19. The van der Waals surface area contributed by atoms with Gasteiger partial charge >= 0.3 is 5.97 Å². The van der Waals surface area contributed by atoms with Crippen LogP contribution in [-0.4, -0.2) is 20.6 Å². The first kappa shape index (κ1) is 12.9. The minimum atomic E-state index is -0.881. The highest BCUT2D eigenvalue weighted by Gasteiger charge is 2.30. The Hall–Kier alpha value is -1.84. The number of hydrogen-bond acceptors (Lipinski definition) is 2. The van der Waals surface area contributed by atoms with Crippen molar-refractivity contribution in [3.05, 3.63) is 29.6 Å². The van der Waals surface area contributed by atoms with Crippen LogP contribution in [0.5, 0.6) is 0 Å². The van der Waals surface area contributed by atoms with Gasteiger partial charge in [-0.3, -0.25) is 0 Å². The van der Waals surface area contributed by atoms with Crippen molar-refractivity contribution >= 4 is 17.0 Å². The molecule has 1 aromatic carbocycles. The van der Waals surface area contributed by atoms with Crippen molar-refractivity contribution in [1.82, 2.24) is 9.55 Å². The van der Waals surface area contributed by atoms with E-state index in [1.165, 1.54) is 44.3 Å². The molecule has 0 radical (unpaired) electrons. The predicted molar refractivity (Wildman–Crippen MR) is 80.6 cm³/mol. The molecular formula is C17H20N2O2. The molecule has 1 heterocycles. The van der Waals surface area contributed by atoms with Crippen LogP contribution in [0.4, 0.5) is 0 Å². The van der Waals surface area contributed by atoms with Crippen LogP contribution in [0.25, 0.3) is 11.0 Å². The Bertz CT molecular complexity index is 696. The maximum atomic E-state index is 11.1. The van der Waals surface area contributed by atoms with Crippen LogP contribution in [0.1, 0.15) is 60.6 Å². The standard InChI is InChI=1S/C17H20N2O2/c20-17(21)13-6-7-15-14(10-13)18-16(12-4-5-12)19(15)9-8-11-2-1-3-11/h6-7,10-12H,1-5,8-9H2,(H,20,21). The number of carboxylic acid groups (broad SMARTS) is 1. The molecule has 0 saturated heterocycles. The van der Waals surface area contributed by atoms with Gasteiger partial charge in [0.25, 0.3) is 0 Å². The van der Waals surface area contributed by atoms with Crippen LogP contribution in [0, 0.1) is 5.92 Å². The van der Waals surface area contributed by atoms with Crippen molar-refractivity contribution in [3.63, 3.8) is 0 Å². The Kier molecular flexibility index (Phi) is 2.98. The van der Waals surface area contributed by atoms with Gasteiger partial charge in [-0.05, 0) is 43.4 Å². The Morgan fingerprint density at radius 1 is 1.29 bits per heavy atom. The molecule has 4 nitrogen and oxygen atoms in total. The average molecular weight is 284 g/mol. The highest BCUT2D eigenvalue weighted by molar-refractivity contribution is 5.92.